The molecule has 1 rings (SSSR count). The average molecular weight is 380 g/mol. The van der Waals surface area contributed by atoms with Crippen molar-refractivity contribution in [2.24, 2.45) is 5.92 Å². The van der Waals surface area contributed by atoms with E-state index in [-0.39, 0.29) is 23.8 Å². The highest BCUT2D eigenvalue weighted by Crippen LogP contribution is 2.44. The van der Waals surface area contributed by atoms with Gasteiger partial charge in [0.05, 0.1) is 6.04 Å². The monoisotopic (exact) mass is 380 g/mol. The summed E-state index contributed by atoms with van der Waals surface area (Å²) in [6, 6.07) is -0.663. The summed E-state index contributed by atoms with van der Waals surface area (Å²) in [7, 11) is -3.40. The van der Waals surface area contributed by atoms with Crippen molar-refractivity contribution in [3.8, 4) is 0 Å². The van der Waals surface area contributed by atoms with E-state index in [2.05, 4.69) is 10.6 Å². The maximum atomic E-state index is 14.1. The van der Waals surface area contributed by atoms with Crippen molar-refractivity contribution < 1.29 is 27.8 Å². The number of halogens is 1. The van der Waals surface area contributed by atoms with E-state index in [9.17, 15) is 23.1 Å². The van der Waals surface area contributed by atoms with Gasteiger partial charge in [-0.05, 0) is 46.1 Å². The zero-order valence-corrected chi connectivity index (χ0v) is 16.2. The van der Waals surface area contributed by atoms with Gasteiger partial charge in [0.1, 0.15) is 5.60 Å². The van der Waals surface area contributed by atoms with Crippen molar-refractivity contribution in [3.63, 3.8) is 0 Å². The molecule has 0 bridgehead atoms. The predicted octanol–water partition coefficient (Wildman–Crippen LogP) is 3.03. The van der Waals surface area contributed by atoms with E-state index in [1.165, 1.54) is 13.0 Å². The molecule has 1 aliphatic rings. The van der Waals surface area contributed by atoms with E-state index in [1.54, 1.807) is 20.8 Å². The van der Waals surface area contributed by atoms with Crippen molar-refractivity contribution >= 4 is 22.6 Å². The van der Waals surface area contributed by atoms with Crippen molar-refractivity contribution in [1.82, 2.24) is 10.6 Å². The van der Waals surface area contributed by atoms with Gasteiger partial charge >= 0.3 is 6.09 Å². The highest BCUT2D eigenvalue weighted by molar-refractivity contribution is 8.24. The van der Waals surface area contributed by atoms with Crippen LogP contribution in [0.2, 0.25) is 0 Å². The quantitative estimate of drug-likeness (QED) is 0.530. The minimum atomic E-state index is -3.40. The Morgan fingerprint density at radius 2 is 2.12 bits per heavy atom. The zero-order chi connectivity index (χ0) is 19.4. The fourth-order valence-corrected chi connectivity index (χ4v) is 3.33. The molecule has 2 amide bonds. The highest BCUT2D eigenvalue weighted by Gasteiger charge is 2.29. The lowest BCUT2D eigenvalue weighted by molar-refractivity contribution is -0.122. The number of nitrogens with one attached hydrogen (secondary N) is 2. The van der Waals surface area contributed by atoms with E-state index in [1.807, 2.05) is 0 Å². The molecule has 4 N–H and O–H groups in total. The van der Waals surface area contributed by atoms with Gasteiger partial charge in [0.2, 0.25) is 11.4 Å². The third kappa shape index (κ3) is 7.62. The standard InChI is InChI=1S/C16H29FN2O5S/c1-10(13(17)25(5,22)23)8-12(9-11-6-7-18-14(11)20)19-15(21)24-16(2,3)4/h8,11-13,22-23H,6-7,9H2,1-5H3,(H,18,20)(H,19,21). The number of alkyl halides is 1. The first kappa shape index (κ1) is 21.7. The molecule has 1 aliphatic heterocycles. The number of carbonyl (C=O) groups is 2. The van der Waals surface area contributed by atoms with Gasteiger partial charge in [-0.3, -0.25) is 13.9 Å². The molecule has 1 fully saturated rings. The van der Waals surface area contributed by atoms with Gasteiger partial charge in [-0.15, -0.1) is 0 Å². The second-order valence-electron chi connectivity index (χ2n) is 7.39. The van der Waals surface area contributed by atoms with Crippen LogP contribution in [0, 0.1) is 5.92 Å². The summed E-state index contributed by atoms with van der Waals surface area (Å²) >= 11 is 0. The number of amides is 2. The lowest BCUT2D eigenvalue weighted by atomic mass is 9.97. The highest BCUT2D eigenvalue weighted by atomic mass is 32.3. The Hall–Kier alpha value is -1.32. The first-order chi connectivity index (χ1) is 11.3. The predicted molar refractivity (Wildman–Crippen MR) is 96.3 cm³/mol. The Morgan fingerprint density at radius 1 is 1.52 bits per heavy atom. The molecule has 0 saturated carbocycles. The molecule has 0 spiro atoms. The number of ether oxygens (including phenoxy) is 1. The van der Waals surface area contributed by atoms with Gasteiger partial charge in [-0.1, -0.05) is 6.08 Å². The number of hydrogen-bond acceptors (Lipinski definition) is 5. The van der Waals surface area contributed by atoms with Crippen LogP contribution >= 0.6 is 10.6 Å². The van der Waals surface area contributed by atoms with Crippen molar-refractivity contribution in [2.75, 3.05) is 12.8 Å². The molecule has 0 radical (unpaired) electrons. The van der Waals surface area contributed by atoms with E-state index in [4.69, 9.17) is 4.74 Å². The first-order valence-electron chi connectivity index (χ1n) is 8.11. The summed E-state index contributed by atoms with van der Waals surface area (Å²) in [5.74, 6) is -0.414. The summed E-state index contributed by atoms with van der Waals surface area (Å²) in [6.07, 6.45) is 2.66. The maximum Gasteiger partial charge on any atom is 0.408 e. The van der Waals surface area contributed by atoms with Crippen LogP contribution in [0.1, 0.15) is 40.5 Å². The topological polar surface area (TPSA) is 108 Å². The molecule has 0 aromatic rings. The molecule has 3 unspecified atom stereocenters. The molecule has 146 valence electrons. The van der Waals surface area contributed by atoms with Crippen LogP contribution in [0.4, 0.5) is 9.18 Å². The van der Waals surface area contributed by atoms with Crippen LogP contribution in [0.15, 0.2) is 11.6 Å². The first-order valence-corrected chi connectivity index (χ1v) is 10.1. The molecule has 0 aromatic carbocycles. The smallest absolute Gasteiger partial charge is 0.408 e. The Bertz CT molecular complexity index is 528. The summed E-state index contributed by atoms with van der Waals surface area (Å²) < 4.78 is 38.3. The second-order valence-corrected chi connectivity index (χ2v) is 9.59. The minimum absolute atomic E-state index is 0.0852. The van der Waals surface area contributed by atoms with E-state index in [0.717, 1.165) is 6.26 Å². The Kier molecular flexibility index (Phi) is 7.28. The van der Waals surface area contributed by atoms with Gasteiger partial charge in [-0.25, -0.2) is 9.18 Å². The summed E-state index contributed by atoms with van der Waals surface area (Å²) in [5.41, 5.74) is -2.55. The lowest BCUT2D eigenvalue weighted by Crippen LogP contribution is -2.40. The number of rotatable bonds is 6. The number of hydrogen-bond donors (Lipinski definition) is 4. The van der Waals surface area contributed by atoms with Gasteiger partial charge in [0.15, 0.2) is 0 Å². The van der Waals surface area contributed by atoms with Gasteiger partial charge < -0.3 is 15.4 Å². The molecule has 0 aliphatic carbocycles. The molecular weight excluding hydrogens is 351 g/mol. The molecule has 3 atom stereocenters. The Labute approximate surface area is 149 Å². The van der Waals surface area contributed by atoms with Crippen LogP contribution in [-0.4, -0.2) is 51.1 Å². The van der Waals surface area contributed by atoms with E-state index >= 15 is 0 Å². The molecule has 7 nitrogen and oxygen atoms in total. The second kappa shape index (κ2) is 8.37. The molecule has 0 aromatic heterocycles. The van der Waals surface area contributed by atoms with Crippen LogP contribution in [0.25, 0.3) is 0 Å². The summed E-state index contributed by atoms with van der Waals surface area (Å²) in [5, 5.41) is 5.33. The van der Waals surface area contributed by atoms with Crippen molar-refractivity contribution in [3.05, 3.63) is 11.6 Å². The van der Waals surface area contributed by atoms with Crippen LogP contribution in [0.5, 0.6) is 0 Å². The van der Waals surface area contributed by atoms with Crippen molar-refractivity contribution in [1.29, 1.82) is 0 Å². The Balaban J connectivity index is 2.90. The molecular formula is C16H29FN2O5S. The summed E-state index contributed by atoms with van der Waals surface area (Å²) in [6.45, 7) is 7.14. The third-order valence-corrected chi connectivity index (χ3v) is 4.77. The summed E-state index contributed by atoms with van der Waals surface area (Å²) in [4.78, 5) is 23.8. The fraction of sp³-hybridized carbons (Fsp3) is 0.750. The number of carbonyl (C=O) groups excluding carboxylic acids is 2. The lowest BCUT2D eigenvalue weighted by Gasteiger charge is -2.32. The van der Waals surface area contributed by atoms with E-state index in [0.29, 0.717) is 13.0 Å². The van der Waals surface area contributed by atoms with Crippen molar-refractivity contribution in [2.45, 2.75) is 57.7 Å². The maximum absolute atomic E-state index is 14.1. The molecule has 25 heavy (non-hydrogen) atoms. The van der Waals surface area contributed by atoms with Gasteiger partial charge in [-0.2, -0.15) is 10.6 Å². The average Bonchev–Trinajstić information content (AvgIpc) is 2.79. The normalized spacial score (nSPS) is 22.2. The fourth-order valence-electron chi connectivity index (χ4n) is 2.55. The Morgan fingerprint density at radius 3 is 2.56 bits per heavy atom. The molecule has 1 saturated heterocycles. The van der Waals surface area contributed by atoms with Crippen LogP contribution in [-0.2, 0) is 9.53 Å². The third-order valence-electron chi connectivity index (χ3n) is 3.62. The van der Waals surface area contributed by atoms with Gasteiger partial charge in [0.25, 0.3) is 0 Å². The zero-order valence-electron chi connectivity index (χ0n) is 15.3. The van der Waals surface area contributed by atoms with Gasteiger partial charge in [0, 0.05) is 18.7 Å². The van der Waals surface area contributed by atoms with Crippen LogP contribution < -0.4 is 10.6 Å². The molecule has 1 heterocycles. The SMILES string of the molecule is CC(=CC(CC1CCNC1=O)NC(=O)OC(C)(C)C)C(F)S(C)(O)O. The van der Waals surface area contributed by atoms with E-state index < -0.39 is 33.8 Å². The number of alkyl carbamates (subject to hydrolysis) is 1. The van der Waals surface area contributed by atoms with Crippen LogP contribution in [0.3, 0.4) is 0 Å². The minimum Gasteiger partial charge on any atom is -0.444 e. The molecule has 9 heteroatoms. The largest absolute Gasteiger partial charge is 0.444 e.